The third-order valence-electron chi connectivity index (χ3n) is 4.43. The van der Waals surface area contributed by atoms with Gasteiger partial charge in [-0.05, 0) is 38.1 Å². The van der Waals surface area contributed by atoms with E-state index in [-0.39, 0.29) is 28.9 Å². The maximum absolute atomic E-state index is 12.8. The van der Waals surface area contributed by atoms with Crippen LogP contribution in [-0.2, 0) is 20.9 Å². The van der Waals surface area contributed by atoms with Crippen molar-refractivity contribution in [1.29, 1.82) is 0 Å². The molecule has 152 valence electrons. The number of nitrogens with one attached hydrogen (secondary N) is 1. The molecule has 1 fully saturated rings. The Balaban J connectivity index is 1.52. The Hall–Kier alpha value is -1.84. The number of aryl methyl sites for hydroxylation is 1. The molecule has 0 bridgehead atoms. The molecule has 0 radical (unpaired) electrons. The molecule has 1 saturated heterocycles. The topological polar surface area (TPSA) is 84.7 Å². The molecule has 9 heteroatoms. The van der Waals surface area contributed by atoms with Gasteiger partial charge in [0.25, 0.3) is 0 Å². The van der Waals surface area contributed by atoms with Crippen LogP contribution < -0.4 is 5.32 Å². The minimum Gasteiger partial charge on any atom is -0.376 e. The first-order chi connectivity index (χ1) is 13.5. The number of amides is 2. The summed E-state index contributed by atoms with van der Waals surface area (Å²) in [6.07, 6.45) is 2.13. The second kappa shape index (κ2) is 10.1. The van der Waals surface area contributed by atoms with E-state index in [0.717, 1.165) is 24.3 Å². The van der Waals surface area contributed by atoms with Gasteiger partial charge in [0.05, 0.1) is 23.7 Å². The van der Waals surface area contributed by atoms with Crippen LogP contribution in [0.25, 0.3) is 0 Å². The molecule has 7 nitrogen and oxygen atoms in total. The van der Waals surface area contributed by atoms with Crippen LogP contribution in [0.4, 0.5) is 5.82 Å². The van der Waals surface area contributed by atoms with E-state index in [0.29, 0.717) is 24.7 Å². The van der Waals surface area contributed by atoms with Crippen molar-refractivity contribution in [2.24, 2.45) is 0 Å². The molecule has 1 N–H and O–H groups in total. The van der Waals surface area contributed by atoms with E-state index < -0.39 is 0 Å². The number of hydrogen-bond acceptors (Lipinski definition) is 7. The van der Waals surface area contributed by atoms with Gasteiger partial charge in [-0.15, -0.1) is 23.1 Å². The van der Waals surface area contributed by atoms with Crippen molar-refractivity contribution < 1.29 is 18.8 Å². The molecule has 2 aromatic heterocycles. The SMILES string of the molecule is Cc1cc(NC(=O)[C@@H](C)SCC(=O)N(Cc2cccs2)C[C@@H]2CCCO2)no1. The van der Waals surface area contributed by atoms with Crippen molar-refractivity contribution in [2.45, 2.75) is 44.6 Å². The maximum atomic E-state index is 12.8. The summed E-state index contributed by atoms with van der Waals surface area (Å²) in [4.78, 5) is 28.1. The Kier molecular flexibility index (Phi) is 7.52. The molecule has 0 spiro atoms. The van der Waals surface area contributed by atoms with Gasteiger partial charge in [-0.1, -0.05) is 11.2 Å². The fourth-order valence-electron chi connectivity index (χ4n) is 2.90. The van der Waals surface area contributed by atoms with Crippen molar-refractivity contribution in [2.75, 3.05) is 24.2 Å². The molecule has 0 aliphatic carbocycles. The first kappa shape index (κ1) is 20.9. The smallest absolute Gasteiger partial charge is 0.238 e. The number of carbonyl (C=O) groups is 2. The van der Waals surface area contributed by atoms with Gasteiger partial charge in [-0.25, -0.2) is 0 Å². The van der Waals surface area contributed by atoms with E-state index in [4.69, 9.17) is 9.26 Å². The lowest BCUT2D eigenvalue weighted by atomic mass is 10.2. The number of hydrogen-bond donors (Lipinski definition) is 1. The van der Waals surface area contributed by atoms with E-state index >= 15 is 0 Å². The molecule has 0 saturated carbocycles. The monoisotopic (exact) mass is 423 g/mol. The first-order valence-corrected chi connectivity index (χ1v) is 11.2. The third-order valence-corrected chi connectivity index (χ3v) is 6.42. The molecule has 0 unspecified atom stereocenters. The highest BCUT2D eigenvalue weighted by atomic mass is 32.2. The Morgan fingerprint density at radius 3 is 3.00 bits per heavy atom. The van der Waals surface area contributed by atoms with Crippen molar-refractivity contribution in [3.05, 3.63) is 34.2 Å². The molecule has 2 aromatic rings. The number of aromatic nitrogens is 1. The molecule has 1 aliphatic heterocycles. The number of rotatable bonds is 9. The molecule has 2 amide bonds. The highest BCUT2D eigenvalue weighted by Gasteiger charge is 2.24. The van der Waals surface area contributed by atoms with Crippen LogP contribution in [0.1, 0.15) is 30.4 Å². The zero-order chi connectivity index (χ0) is 19.9. The van der Waals surface area contributed by atoms with Crippen LogP contribution in [0, 0.1) is 6.92 Å². The molecular formula is C19H25N3O4S2. The van der Waals surface area contributed by atoms with Gasteiger partial charge in [0.1, 0.15) is 5.76 Å². The lowest BCUT2D eigenvalue weighted by Crippen LogP contribution is -2.38. The lowest BCUT2D eigenvalue weighted by Gasteiger charge is -2.25. The quantitative estimate of drug-likeness (QED) is 0.666. The number of anilines is 1. The average Bonchev–Trinajstić information content (AvgIpc) is 3.43. The van der Waals surface area contributed by atoms with Crippen LogP contribution >= 0.6 is 23.1 Å². The van der Waals surface area contributed by atoms with Gasteiger partial charge < -0.3 is 19.5 Å². The summed E-state index contributed by atoms with van der Waals surface area (Å²) < 4.78 is 10.7. The van der Waals surface area contributed by atoms with Crippen molar-refractivity contribution >= 4 is 40.7 Å². The van der Waals surface area contributed by atoms with E-state index in [2.05, 4.69) is 10.5 Å². The van der Waals surface area contributed by atoms with Crippen LogP contribution in [0.2, 0.25) is 0 Å². The second-order valence-electron chi connectivity index (χ2n) is 6.75. The highest BCUT2D eigenvalue weighted by molar-refractivity contribution is 8.01. The molecule has 3 rings (SSSR count). The second-order valence-corrected chi connectivity index (χ2v) is 9.12. The Labute approximate surface area is 172 Å². The molecule has 1 aliphatic rings. The minimum absolute atomic E-state index is 0.0193. The van der Waals surface area contributed by atoms with Gasteiger partial charge >= 0.3 is 0 Å². The van der Waals surface area contributed by atoms with Crippen molar-refractivity contribution in [3.63, 3.8) is 0 Å². The Morgan fingerprint density at radius 2 is 2.36 bits per heavy atom. The molecular weight excluding hydrogens is 398 g/mol. The zero-order valence-corrected chi connectivity index (χ0v) is 17.7. The first-order valence-electron chi connectivity index (χ1n) is 9.29. The standard InChI is InChI=1S/C19H25N3O4S2/c1-13-9-17(21-26-13)20-19(24)14(2)28-12-18(23)22(10-15-5-3-7-25-15)11-16-6-4-8-27-16/h4,6,8-9,14-15H,3,5,7,10-12H2,1-2H3,(H,20,21,24)/t14-,15+/m1/s1. The number of ether oxygens (including phenoxy) is 1. The van der Waals surface area contributed by atoms with Crippen molar-refractivity contribution in [1.82, 2.24) is 10.1 Å². The predicted octanol–water partition coefficient (Wildman–Crippen LogP) is 3.31. The average molecular weight is 424 g/mol. The summed E-state index contributed by atoms with van der Waals surface area (Å²) in [7, 11) is 0. The summed E-state index contributed by atoms with van der Waals surface area (Å²) in [6.45, 7) is 5.48. The van der Waals surface area contributed by atoms with Gasteiger partial charge in [0, 0.05) is 24.1 Å². The van der Waals surface area contributed by atoms with Gasteiger partial charge in [0.15, 0.2) is 5.82 Å². The number of thiophene rings is 1. The van der Waals surface area contributed by atoms with E-state index in [1.807, 2.05) is 22.4 Å². The zero-order valence-electron chi connectivity index (χ0n) is 16.1. The van der Waals surface area contributed by atoms with Crippen LogP contribution in [-0.4, -0.2) is 52.1 Å². The molecule has 0 aromatic carbocycles. The van der Waals surface area contributed by atoms with Crippen LogP contribution in [0.15, 0.2) is 28.1 Å². The molecule has 2 atom stereocenters. The van der Waals surface area contributed by atoms with Crippen LogP contribution in [0.5, 0.6) is 0 Å². The van der Waals surface area contributed by atoms with E-state index in [1.54, 1.807) is 31.3 Å². The Morgan fingerprint density at radius 1 is 1.50 bits per heavy atom. The maximum Gasteiger partial charge on any atom is 0.238 e. The normalized spacial score (nSPS) is 17.4. The largest absolute Gasteiger partial charge is 0.376 e. The van der Waals surface area contributed by atoms with Gasteiger partial charge in [0.2, 0.25) is 11.8 Å². The lowest BCUT2D eigenvalue weighted by molar-refractivity contribution is -0.130. The summed E-state index contributed by atoms with van der Waals surface area (Å²) in [6, 6.07) is 5.68. The fourth-order valence-corrected chi connectivity index (χ4v) is 4.40. The summed E-state index contributed by atoms with van der Waals surface area (Å²) in [5.74, 6) is 1.08. The summed E-state index contributed by atoms with van der Waals surface area (Å²) in [5.41, 5.74) is 0. The fraction of sp³-hybridized carbons (Fsp3) is 0.526. The Bertz CT molecular complexity index is 772. The third kappa shape index (κ3) is 6.08. The van der Waals surface area contributed by atoms with E-state index in [1.165, 1.54) is 11.8 Å². The van der Waals surface area contributed by atoms with Gasteiger partial charge in [-0.3, -0.25) is 9.59 Å². The number of carbonyl (C=O) groups excluding carboxylic acids is 2. The predicted molar refractivity (Wildman–Crippen MR) is 110 cm³/mol. The highest BCUT2D eigenvalue weighted by Crippen LogP contribution is 2.20. The van der Waals surface area contributed by atoms with Gasteiger partial charge in [-0.2, -0.15) is 0 Å². The summed E-state index contributed by atoms with van der Waals surface area (Å²) >= 11 is 2.96. The molecule has 28 heavy (non-hydrogen) atoms. The number of nitrogens with zero attached hydrogens (tertiary/aromatic N) is 2. The van der Waals surface area contributed by atoms with Crippen molar-refractivity contribution in [3.8, 4) is 0 Å². The van der Waals surface area contributed by atoms with E-state index in [9.17, 15) is 9.59 Å². The summed E-state index contributed by atoms with van der Waals surface area (Å²) in [5, 5.41) is 8.09. The number of thioether (sulfide) groups is 1. The molecule has 3 heterocycles. The van der Waals surface area contributed by atoms with Crippen LogP contribution in [0.3, 0.4) is 0 Å². The minimum atomic E-state index is -0.382.